The van der Waals surface area contributed by atoms with Gasteiger partial charge in [-0.1, -0.05) is 24.8 Å². The number of rotatable bonds is 6. The average molecular weight is 272 g/mol. The molecule has 0 saturated carbocycles. The van der Waals surface area contributed by atoms with Gasteiger partial charge in [0.2, 0.25) is 0 Å². The van der Waals surface area contributed by atoms with Gasteiger partial charge >= 0.3 is 0 Å². The quantitative estimate of drug-likeness (QED) is 0.498. The van der Waals surface area contributed by atoms with E-state index in [1.165, 1.54) is 12.1 Å². The van der Waals surface area contributed by atoms with Crippen molar-refractivity contribution in [1.29, 1.82) is 0 Å². The maximum Gasteiger partial charge on any atom is 0.123 e. The molecule has 0 aromatic heterocycles. The standard InChI is InChI=1S/C16H17FN2O/c1-2-11-20-16-9-7-15(8-10-16)19(18)12-13-3-5-14(17)6-4-13/h2-10H,1,11-12,18H2. The lowest BCUT2D eigenvalue weighted by Crippen LogP contribution is -2.29. The van der Waals surface area contributed by atoms with Crippen LogP contribution in [0.5, 0.6) is 5.75 Å². The molecular weight excluding hydrogens is 255 g/mol. The van der Waals surface area contributed by atoms with E-state index in [0.29, 0.717) is 13.2 Å². The highest BCUT2D eigenvalue weighted by Gasteiger charge is 2.03. The van der Waals surface area contributed by atoms with Gasteiger partial charge in [0, 0.05) is 0 Å². The fourth-order valence-electron chi connectivity index (χ4n) is 1.77. The van der Waals surface area contributed by atoms with Crippen molar-refractivity contribution >= 4 is 5.69 Å². The molecule has 0 aliphatic carbocycles. The molecule has 0 amide bonds. The third-order valence-corrected chi connectivity index (χ3v) is 2.80. The van der Waals surface area contributed by atoms with Crippen LogP contribution in [0.2, 0.25) is 0 Å². The molecule has 0 aliphatic rings. The lowest BCUT2D eigenvalue weighted by molar-refractivity contribution is 0.363. The summed E-state index contributed by atoms with van der Waals surface area (Å²) < 4.78 is 18.2. The van der Waals surface area contributed by atoms with Crippen molar-refractivity contribution < 1.29 is 9.13 Å². The molecule has 0 radical (unpaired) electrons. The maximum atomic E-state index is 12.8. The Hall–Kier alpha value is -2.33. The van der Waals surface area contributed by atoms with Crippen LogP contribution in [0.15, 0.2) is 61.2 Å². The summed E-state index contributed by atoms with van der Waals surface area (Å²) in [5.41, 5.74) is 1.81. The van der Waals surface area contributed by atoms with Gasteiger partial charge in [0.15, 0.2) is 0 Å². The Labute approximate surface area is 118 Å². The molecule has 0 saturated heterocycles. The molecule has 0 fully saturated rings. The number of nitrogens with two attached hydrogens (primary N) is 1. The van der Waals surface area contributed by atoms with Crippen molar-refractivity contribution in [3.63, 3.8) is 0 Å². The number of anilines is 1. The van der Waals surface area contributed by atoms with Crippen molar-refractivity contribution in [1.82, 2.24) is 0 Å². The van der Waals surface area contributed by atoms with Crippen molar-refractivity contribution in [2.45, 2.75) is 6.54 Å². The third-order valence-electron chi connectivity index (χ3n) is 2.80. The second-order valence-corrected chi connectivity index (χ2v) is 4.35. The van der Waals surface area contributed by atoms with Gasteiger partial charge in [-0.15, -0.1) is 0 Å². The van der Waals surface area contributed by atoms with Crippen molar-refractivity contribution in [2.75, 3.05) is 11.6 Å². The molecule has 4 heteroatoms. The van der Waals surface area contributed by atoms with E-state index in [4.69, 9.17) is 10.6 Å². The fourth-order valence-corrected chi connectivity index (χ4v) is 1.77. The van der Waals surface area contributed by atoms with Crippen LogP contribution < -0.4 is 15.6 Å². The minimum absolute atomic E-state index is 0.249. The van der Waals surface area contributed by atoms with Crippen LogP contribution in [0.1, 0.15) is 5.56 Å². The Bertz CT molecular complexity index is 552. The molecule has 2 aromatic carbocycles. The first kappa shape index (κ1) is 14.1. The van der Waals surface area contributed by atoms with Crippen molar-refractivity contribution in [3.05, 3.63) is 72.6 Å². The summed E-state index contributed by atoms with van der Waals surface area (Å²) in [7, 11) is 0. The molecule has 0 bridgehead atoms. The minimum atomic E-state index is -0.249. The summed E-state index contributed by atoms with van der Waals surface area (Å²) in [5.74, 6) is 6.52. The predicted molar refractivity (Wildman–Crippen MR) is 78.9 cm³/mol. The van der Waals surface area contributed by atoms with Gasteiger partial charge in [0.1, 0.15) is 18.2 Å². The molecule has 2 rings (SSSR count). The zero-order valence-corrected chi connectivity index (χ0v) is 11.1. The Morgan fingerprint density at radius 2 is 1.75 bits per heavy atom. The first-order valence-electron chi connectivity index (χ1n) is 6.29. The van der Waals surface area contributed by atoms with Crippen LogP contribution in [0.3, 0.4) is 0 Å². The van der Waals surface area contributed by atoms with E-state index in [0.717, 1.165) is 17.0 Å². The predicted octanol–water partition coefficient (Wildman–Crippen LogP) is 3.27. The number of benzene rings is 2. The van der Waals surface area contributed by atoms with E-state index in [1.807, 2.05) is 24.3 Å². The summed E-state index contributed by atoms with van der Waals surface area (Å²) >= 11 is 0. The van der Waals surface area contributed by atoms with E-state index in [-0.39, 0.29) is 5.82 Å². The van der Waals surface area contributed by atoms with Crippen LogP contribution in [0.4, 0.5) is 10.1 Å². The molecule has 2 N–H and O–H groups in total. The van der Waals surface area contributed by atoms with Crippen LogP contribution >= 0.6 is 0 Å². The third kappa shape index (κ3) is 3.83. The van der Waals surface area contributed by atoms with E-state index < -0.39 is 0 Å². The largest absolute Gasteiger partial charge is 0.490 e. The number of ether oxygens (including phenoxy) is 1. The highest BCUT2D eigenvalue weighted by molar-refractivity contribution is 5.48. The number of hydrogen-bond acceptors (Lipinski definition) is 3. The lowest BCUT2D eigenvalue weighted by Gasteiger charge is -2.19. The molecular formula is C16H17FN2O. The van der Waals surface area contributed by atoms with Crippen molar-refractivity contribution in [2.24, 2.45) is 5.84 Å². The molecule has 0 atom stereocenters. The molecule has 0 aliphatic heterocycles. The Morgan fingerprint density at radius 1 is 1.10 bits per heavy atom. The number of hydrazine groups is 1. The highest BCUT2D eigenvalue weighted by atomic mass is 19.1. The van der Waals surface area contributed by atoms with Crippen LogP contribution in [0, 0.1) is 5.82 Å². The lowest BCUT2D eigenvalue weighted by atomic mass is 10.2. The van der Waals surface area contributed by atoms with Crippen LogP contribution in [0.25, 0.3) is 0 Å². The number of halogens is 1. The van der Waals surface area contributed by atoms with E-state index in [1.54, 1.807) is 23.2 Å². The van der Waals surface area contributed by atoms with E-state index in [9.17, 15) is 4.39 Å². The van der Waals surface area contributed by atoms with E-state index in [2.05, 4.69) is 6.58 Å². The van der Waals surface area contributed by atoms with Gasteiger partial charge in [-0.05, 0) is 42.0 Å². The van der Waals surface area contributed by atoms with Crippen molar-refractivity contribution in [3.8, 4) is 5.75 Å². The molecule has 0 spiro atoms. The fraction of sp³-hybridized carbons (Fsp3) is 0.125. The Balaban J connectivity index is 1.99. The molecule has 0 heterocycles. The summed E-state index contributed by atoms with van der Waals surface area (Å²) in [6.45, 7) is 4.58. The van der Waals surface area contributed by atoms with Gasteiger partial charge in [-0.2, -0.15) is 0 Å². The Kier molecular flexibility index (Phi) is 4.74. The second-order valence-electron chi connectivity index (χ2n) is 4.35. The normalized spacial score (nSPS) is 10.1. The summed E-state index contributed by atoms with van der Waals surface area (Å²) in [5, 5.41) is 1.60. The first-order chi connectivity index (χ1) is 9.69. The topological polar surface area (TPSA) is 38.5 Å². The molecule has 20 heavy (non-hydrogen) atoms. The van der Waals surface area contributed by atoms with Gasteiger partial charge in [-0.3, -0.25) is 0 Å². The van der Waals surface area contributed by atoms with Gasteiger partial charge in [0.05, 0.1) is 12.2 Å². The van der Waals surface area contributed by atoms with Crippen LogP contribution in [-0.4, -0.2) is 6.61 Å². The molecule has 3 nitrogen and oxygen atoms in total. The van der Waals surface area contributed by atoms with Gasteiger partial charge in [-0.25, -0.2) is 10.2 Å². The number of hydrogen-bond donors (Lipinski definition) is 1. The van der Waals surface area contributed by atoms with E-state index >= 15 is 0 Å². The second kappa shape index (κ2) is 6.73. The van der Waals surface area contributed by atoms with Crippen LogP contribution in [-0.2, 0) is 6.54 Å². The monoisotopic (exact) mass is 272 g/mol. The minimum Gasteiger partial charge on any atom is -0.490 e. The SMILES string of the molecule is C=CCOc1ccc(N(N)Cc2ccc(F)cc2)cc1. The summed E-state index contributed by atoms with van der Waals surface area (Å²) in [6, 6.07) is 13.7. The first-order valence-corrected chi connectivity index (χ1v) is 6.29. The molecule has 2 aromatic rings. The molecule has 104 valence electrons. The maximum absolute atomic E-state index is 12.8. The molecule has 0 unspecified atom stereocenters. The van der Waals surface area contributed by atoms with Gasteiger partial charge < -0.3 is 9.75 Å². The summed E-state index contributed by atoms with van der Waals surface area (Å²) in [6.07, 6.45) is 1.69. The van der Waals surface area contributed by atoms with Gasteiger partial charge in [0.25, 0.3) is 0 Å². The number of nitrogens with zero attached hydrogens (tertiary/aromatic N) is 1. The zero-order valence-electron chi connectivity index (χ0n) is 11.1. The average Bonchev–Trinajstić information content (AvgIpc) is 2.48. The summed E-state index contributed by atoms with van der Waals surface area (Å²) in [4.78, 5) is 0. The highest BCUT2D eigenvalue weighted by Crippen LogP contribution is 2.19. The zero-order chi connectivity index (χ0) is 14.4. The Morgan fingerprint density at radius 3 is 2.35 bits per heavy atom. The smallest absolute Gasteiger partial charge is 0.123 e.